The van der Waals surface area contributed by atoms with Crippen molar-refractivity contribution in [2.75, 3.05) is 7.05 Å². The second-order valence-corrected chi connectivity index (χ2v) is 8.85. The van der Waals surface area contributed by atoms with Crippen molar-refractivity contribution < 1.29 is 9.53 Å². The molecule has 2 aliphatic carbocycles. The summed E-state index contributed by atoms with van der Waals surface area (Å²) in [4.78, 5) is 14.8. The summed E-state index contributed by atoms with van der Waals surface area (Å²) in [6, 6.07) is 1.22. The first-order valence-corrected chi connectivity index (χ1v) is 10.4. The first-order chi connectivity index (χ1) is 12.1. The highest BCUT2D eigenvalue weighted by Gasteiger charge is 2.49. The highest BCUT2D eigenvalue weighted by Crippen LogP contribution is 2.50. The Hall–Kier alpha value is -1.09. The van der Waals surface area contributed by atoms with Crippen LogP contribution in [0, 0.1) is 23.7 Å². The van der Waals surface area contributed by atoms with Gasteiger partial charge < -0.3 is 4.74 Å². The normalized spacial score (nSPS) is 45.0. The molecule has 0 aromatic rings. The molecule has 0 aromatic carbocycles. The predicted octanol–water partition coefficient (Wildman–Crippen LogP) is 4.34. The first-order valence-electron chi connectivity index (χ1n) is 10.4. The molecule has 4 aliphatic rings. The number of cyclic esters (lactones) is 1. The van der Waals surface area contributed by atoms with Crippen LogP contribution >= 0.6 is 0 Å². The number of piperidine rings is 1. The molecule has 2 aliphatic heterocycles. The van der Waals surface area contributed by atoms with Crippen molar-refractivity contribution in [1.82, 2.24) is 4.90 Å². The topological polar surface area (TPSA) is 29.5 Å². The van der Waals surface area contributed by atoms with Gasteiger partial charge in [-0.2, -0.15) is 0 Å². The Bertz CT molecular complexity index is 581. The number of likely N-dealkylation sites (tertiary alicyclic amines) is 1. The number of carbonyl (C=O) groups excluding carboxylic acids is 1. The molecule has 7 atom stereocenters. The van der Waals surface area contributed by atoms with Crippen molar-refractivity contribution in [3.05, 3.63) is 23.8 Å². The van der Waals surface area contributed by atoms with Crippen LogP contribution in [0.3, 0.4) is 0 Å². The van der Waals surface area contributed by atoms with Crippen molar-refractivity contribution in [2.24, 2.45) is 23.7 Å². The van der Waals surface area contributed by atoms with Gasteiger partial charge in [0.2, 0.25) is 0 Å². The zero-order valence-corrected chi connectivity index (χ0v) is 16.0. The van der Waals surface area contributed by atoms with Gasteiger partial charge in [0, 0.05) is 23.6 Å². The Morgan fingerprint density at radius 1 is 1.08 bits per heavy atom. The summed E-state index contributed by atoms with van der Waals surface area (Å²) in [5, 5.41) is 0. The van der Waals surface area contributed by atoms with Crippen LogP contribution in [0.1, 0.15) is 58.8 Å². The third-order valence-corrected chi connectivity index (χ3v) is 7.47. The van der Waals surface area contributed by atoms with Crippen LogP contribution in [0.25, 0.3) is 0 Å². The fourth-order valence-corrected chi connectivity index (χ4v) is 5.88. The molecule has 3 fully saturated rings. The van der Waals surface area contributed by atoms with Crippen LogP contribution in [0.5, 0.6) is 0 Å². The average molecular weight is 344 g/mol. The van der Waals surface area contributed by atoms with Crippen LogP contribution < -0.4 is 0 Å². The van der Waals surface area contributed by atoms with Gasteiger partial charge in [0.05, 0.1) is 0 Å². The predicted molar refractivity (Wildman–Crippen MR) is 100 cm³/mol. The molecular formula is C22H33NO2. The highest BCUT2D eigenvalue weighted by atomic mass is 16.5. The minimum atomic E-state index is -0.0525. The van der Waals surface area contributed by atoms with E-state index in [4.69, 9.17) is 4.74 Å². The third kappa shape index (κ3) is 3.09. The van der Waals surface area contributed by atoms with Crippen molar-refractivity contribution >= 4 is 5.97 Å². The minimum absolute atomic E-state index is 0.0271. The van der Waals surface area contributed by atoms with E-state index < -0.39 is 0 Å². The largest absolute Gasteiger partial charge is 0.459 e. The standard InChI is InChI=1S/C22H33NO2/c1-14-7-6-9-17(23(14)3)11-12-19-18-10-5-4-8-16(18)13-20-21(19)15(2)25-22(20)24/h11-19,21H,4-10H2,1-3H3/b12-11+/t14-,15-,16+,17+,18-,19+,21+/m0/s1. The number of allylic oxidation sites excluding steroid dienone is 2. The summed E-state index contributed by atoms with van der Waals surface area (Å²) in [5.41, 5.74) is 0.982. The van der Waals surface area contributed by atoms with Crippen LogP contribution in [-0.2, 0) is 9.53 Å². The molecule has 0 amide bonds. The van der Waals surface area contributed by atoms with E-state index in [9.17, 15) is 4.79 Å². The van der Waals surface area contributed by atoms with E-state index in [-0.39, 0.29) is 18.0 Å². The Morgan fingerprint density at radius 2 is 1.88 bits per heavy atom. The number of nitrogens with zero attached hydrogens (tertiary/aromatic N) is 1. The highest BCUT2D eigenvalue weighted by molar-refractivity contribution is 5.92. The molecule has 0 aromatic heterocycles. The SMILES string of the molecule is C[C@@H]1OC(=O)C2=C[C@H]3CCCC[C@@H]3[C@@H](/C=C/[C@H]3CCC[C@H](C)N3C)[C@H]21. The van der Waals surface area contributed by atoms with Gasteiger partial charge in [0.1, 0.15) is 6.10 Å². The average Bonchev–Trinajstić information content (AvgIpc) is 2.89. The molecule has 2 heterocycles. The van der Waals surface area contributed by atoms with Crippen molar-refractivity contribution in [3.8, 4) is 0 Å². The van der Waals surface area contributed by atoms with Gasteiger partial charge in [0.15, 0.2) is 0 Å². The van der Waals surface area contributed by atoms with E-state index in [1.807, 2.05) is 0 Å². The second kappa shape index (κ2) is 6.90. The maximum atomic E-state index is 12.3. The summed E-state index contributed by atoms with van der Waals surface area (Å²) < 4.78 is 5.62. The number of rotatable bonds is 2. The van der Waals surface area contributed by atoms with Gasteiger partial charge in [-0.1, -0.05) is 37.5 Å². The number of likely N-dealkylation sites (N-methyl/N-ethyl adjacent to an activating group) is 1. The molecule has 0 N–H and O–H groups in total. The zero-order valence-electron chi connectivity index (χ0n) is 16.0. The fourth-order valence-electron chi connectivity index (χ4n) is 5.88. The van der Waals surface area contributed by atoms with Crippen LogP contribution in [-0.4, -0.2) is 36.1 Å². The van der Waals surface area contributed by atoms with Crippen LogP contribution in [0.15, 0.2) is 23.8 Å². The number of carbonyl (C=O) groups is 1. The maximum Gasteiger partial charge on any atom is 0.334 e. The second-order valence-electron chi connectivity index (χ2n) is 8.85. The summed E-state index contributed by atoms with van der Waals surface area (Å²) in [5.74, 6) is 1.97. The lowest BCUT2D eigenvalue weighted by Gasteiger charge is -2.42. The third-order valence-electron chi connectivity index (χ3n) is 7.47. The molecule has 3 nitrogen and oxygen atoms in total. The molecule has 3 heteroatoms. The van der Waals surface area contributed by atoms with Gasteiger partial charge in [-0.05, 0) is 64.3 Å². The Morgan fingerprint density at radius 3 is 2.72 bits per heavy atom. The lowest BCUT2D eigenvalue weighted by atomic mass is 9.61. The first kappa shape index (κ1) is 17.3. The lowest BCUT2D eigenvalue weighted by Crippen LogP contribution is -2.42. The van der Waals surface area contributed by atoms with E-state index in [1.54, 1.807) is 0 Å². The monoisotopic (exact) mass is 343 g/mol. The van der Waals surface area contributed by atoms with Gasteiger partial charge in [-0.25, -0.2) is 4.79 Å². The molecule has 1 saturated carbocycles. The molecule has 2 saturated heterocycles. The maximum absolute atomic E-state index is 12.3. The summed E-state index contributed by atoms with van der Waals surface area (Å²) >= 11 is 0. The Balaban J connectivity index is 1.60. The number of fused-ring (bicyclic) bond motifs is 2. The number of esters is 1. The van der Waals surface area contributed by atoms with Crippen molar-refractivity contribution in [3.63, 3.8) is 0 Å². The quantitative estimate of drug-likeness (QED) is 0.552. The molecule has 4 rings (SSSR count). The van der Waals surface area contributed by atoms with E-state index in [0.29, 0.717) is 29.8 Å². The minimum Gasteiger partial charge on any atom is -0.459 e. The van der Waals surface area contributed by atoms with E-state index >= 15 is 0 Å². The molecule has 0 radical (unpaired) electrons. The molecular weight excluding hydrogens is 310 g/mol. The van der Waals surface area contributed by atoms with Gasteiger partial charge in [-0.3, -0.25) is 4.90 Å². The number of hydrogen-bond acceptors (Lipinski definition) is 3. The Kier molecular flexibility index (Phi) is 4.79. The molecule has 0 unspecified atom stereocenters. The van der Waals surface area contributed by atoms with Gasteiger partial charge >= 0.3 is 5.97 Å². The summed E-state index contributed by atoms with van der Waals surface area (Å²) in [6.45, 7) is 4.42. The van der Waals surface area contributed by atoms with Gasteiger partial charge in [0.25, 0.3) is 0 Å². The molecule has 0 bridgehead atoms. The summed E-state index contributed by atoms with van der Waals surface area (Å²) in [6.07, 6.45) is 16.3. The number of hydrogen-bond donors (Lipinski definition) is 0. The number of ether oxygens (including phenoxy) is 1. The Labute approximate surface area is 152 Å². The molecule has 138 valence electrons. The molecule has 25 heavy (non-hydrogen) atoms. The zero-order chi connectivity index (χ0) is 17.6. The molecule has 0 spiro atoms. The lowest BCUT2D eigenvalue weighted by molar-refractivity contribution is -0.138. The van der Waals surface area contributed by atoms with Crippen LogP contribution in [0.4, 0.5) is 0 Å². The van der Waals surface area contributed by atoms with E-state index in [0.717, 1.165) is 5.57 Å². The van der Waals surface area contributed by atoms with Crippen molar-refractivity contribution in [2.45, 2.75) is 77.0 Å². The van der Waals surface area contributed by atoms with Crippen LogP contribution in [0.2, 0.25) is 0 Å². The summed E-state index contributed by atoms with van der Waals surface area (Å²) in [7, 11) is 2.26. The van der Waals surface area contributed by atoms with Crippen molar-refractivity contribution in [1.29, 1.82) is 0 Å². The smallest absolute Gasteiger partial charge is 0.334 e. The van der Waals surface area contributed by atoms with Gasteiger partial charge in [-0.15, -0.1) is 0 Å². The van der Waals surface area contributed by atoms with E-state index in [2.05, 4.69) is 44.0 Å². The fraction of sp³-hybridized carbons (Fsp3) is 0.773. The van der Waals surface area contributed by atoms with E-state index in [1.165, 1.54) is 44.9 Å².